The van der Waals surface area contributed by atoms with Crippen LogP contribution in [0.2, 0.25) is 10.0 Å². The number of benzene rings is 3. The van der Waals surface area contributed by atoms with Gasteiger partial charge in [0.25, 0.3) is 0 Å². The van der Waals surface area contributed by atoms with Gasteiger partial charge in [-0.2, -0.15) is 0 Å². The number of esters is 1. The van der Waals surface area contributed by atoms with E-state index in [1.807, 2.05) is 44.2 Å². The number of halogens is 2. The molecule has 2 aromatic heterocycles. The fraction of sp³-hybridized carbons (Fsp3) is 0.200. The Hall–Kier alpha value is -3.32. The number of ether oxygens (including phenoxy) is 2. The molecule has 0 aliphatic rings. The van der Waals surface area contributed by atoms with Gasteiger partial charge in [-0.05, 0) is 66.4 Å². The first kappa shape index (κ1) is 26.3. The molecule has 0 spiro atoms. The van der Waals surface area contributed by atoms with Crippen LogP contribution in [0.1, 0.15) is 48.4 Å². The highest BCUT2D eigenvalue weighted by Crippen LogP contribution is 2.40. The molecular weight excluding hydrogens is 541 g/mol. The first-order chi connectivity index (χ1) is 18.4. The van der Waals surface area contributed by atoms with Gasteiger partial charge in [0, 0.05) is 21.1 Å². The van der Waals surface area contributed by atoms with Crippen LogP contribution < -0.4 is 4.74 Å². The number of aromatic nitrogens is 1. The maximum atomic E-state index is 12.0. The van der Waals surface area contributed by atoms with Crippen LogP contribution in [0.15, 0.2) is 71.3 Å². The van der Waals surface area contributed by atoms with Gasteiger partial charge in [-0.25, -0.2) is 4.79 Å². The molecule has 38 heavy (non-hydrogen) atoms. The van der Waals surface area contributed by atoms with Gasteiger partial charge in [-0.3, -0.25) is 0 Å². The van der Waals surface area contributed by atoms with Crippen LogP contribution in [-0.4, -0.2) is 17.7 Å². The summed E-state index contributed by atoms with van der Waals surface area (Å²) in [4.78, 5) is 13.1. The Kier molecular flexibility index (Phi) is 7.75. The molecule has 194 valence electrons. The zero-order valence-electron chi connectivity index (χ0n) is 21.1. The standard InChI is InChI=1S/C30H25Cl2NO4S/c1-4-35-30(34)19-10-8-18(9-11-19)25-14-20-12-13-21(15-26(20)38-25)36-16-22-28(33-37-29(22)17(2)3)27-23(31)6-5-7-24(27)32/h5-15,17H,4,16H2,1-3H3. The van der Waals surface area contributed by atoms with Crippen molar-refractivity contribution in [3.63, 3.8) is 0 Å². The van der Waals surface area contributed by atoms with E-state index >= 15 is 0 Å². The van der Waals surface area contributed by atoms with Crippen molar-refractivity contribution in [2.45, 2.75) is 33.3 Å². The molecule has 0 fully saturated rings. The molecule has 0 aliphatic heterocycles. The Morgan fingerprint density at radius 2 is 1.76 bits per heavy atom. The zero-order chi connectivity index (χ0) is 26.8. The van der Waals surface area contributed by atoms with Crippen LogP contribution in [0, 0.1) is 0 Å². The average Bonchev–Trinajstić information content (AvgIpc) is 3.52. The van der Waals surface area contributed by atoms with E-state index < -0.39 is 0 Å². The van der Waals surface area contributed by atoms with Crippen LogP contribution in [0.5, 0.6) is 5.75 Å². The second-order valence-electron chi connectivity index (χ2n) is 9.02. The zero-order valence-corrected chi connectivity index (χ0v) is 23.4. The predicted molar refractivity (Wildman–Crippen MR) is 154 cm³/mol. The largest absolute Gasteiger partial charge is 0.489 e. The number of carbonyl (C=O) groups is 1. The molecule has 0 amide bonds. The Morgan fingerprint density at radius 1 is 1.03 bits per heavy atom. The SMILES string of the molecule is CCOC(=O)c1ccc(-c2cc3ccc(OCc4c(-c5c(Cl)cccc5Cl)noc4C(C)C)cc3s2)cc1. The van der Waals surface area contributed by atoms with Gasteiger partial charge >= 0.3 is 5.97 Å². The van der Waals surface area contributed by atoms with Crippen molar-refractivity contribution in [3.05, 3.63) is 93.7 Å². The Balaban J connectivity index is 1.40. The third-order valence-electron chi connectivity index (χ3n) is 6.10. The molecule has 0 aliphatic carbocycles. The number of hydrogen-bond donors (Lipinski definition) is 0. The third-order valence-corrected chi connectivity index (χ3v) is 7.87. The van der Waals surface area contributed by atoms with E-state index in [1.54, 1.807) is 48.6 Å². The van der Waals surface area contributed by atoms with E-state index in [1.165, 1.54) is 0 Å². The summed E-state index contributed by atoms with van der Waals surface area (Å²) in [6, 6.07) is 21.0. The number of rotatable bonds is 8. The molecule has 3 aromatic carbocycles. The highest BCUT2D eigenvalue weighted by Gasteiger charge is 2.24. The maximum Gasteiger partial charge on any atom is 0.338 e. The van der Waals surface area contributed by atoms with Gasteiger partial charge in [0.15, 0.2) is 0 Å². The summed E-state index contributed by atoms with van der Waals surface area (Å²) in [7, 11) is 0. The Labute approximate surface area is 234 Å². The van der Waals surface area contributed by atoms with Crippen molar-refractivity contribution in [2.75, 3.05) is 6.61 Å². The van der Waals surface area contributed by atoms with E-state index in [9.17, 15) is 4.79 Å². The number of nitrogens with zero attached hydrogens (tertiary/aromatic N) is 1. The molecule has 5 aromatic rings. The van der Waals surface area contributed by atoms with E-state index in [4.69, 9.17) is 37.2 Å². The molecule has 5 rings (SSSR count). The van der Waals surface area contributed by atoms with Gasteiger partial charge in [0.2, 0.25) is 0 Å². The molecule has 0 saturated carbocycles. The molecule has 0 atom stereocenters. The Morgan fingerprint density at radius 3 is 2.45 bits per heavy atom. The van der Waals surface area contributed by atoms with E-state index in [-0.39, 0.29) is 18.5 Å². The van der Waals surface area contributed by atoms with Crippen LogP contribution >= 0.6 is 34.5 Å². The number of carbonyl (C=O) groups excluding carboxylic acids is 1. The fourth-order valence-corrected chi connectivity index (χ4v) is 5.89. The molecule has 2 heterocycles. The van der Waals surface area contributed by atoms with Crippen molar-refractivity contribution < 1.29 is 18.8 Å². The minimum absolute atomic E-state index is 0.105. The molecule has 0 bridgehead atoms. The summed E-state index contributed by atoms with van der Waals surface area (Å²) in [5.74, 6) is 1.26. The van der Waals surface area contributed by atoms with Crippen molar-refractivity contribution >= 4 is 50.6 Å². The van der Waals surface area contributed by atoms with Gasteiger partial charge < -0.3 is 14.0 Å². The van der Waals surface area contributed by atoms with Gasteiger partial charge in [-0.15, -0.1) is 11.3 Å². The number of fused-ring (bicyclic) bond motifs is 1. The molecule has 8 heteroatoms. The summed E-state index contributed by atoms with van der Waals surface area (Å²) < 4.78 is 18.1. The first-order valence-corrected chi connectivity index (χ1v) is 13.8. The van der Waals surface area contributed by atoms with Gasteiger partial charge in [0.05, 0.1) is 27.8 Å². The molecular formula is C30H25Cl2NO4S. The number of thiophene rings is 1. The van der Waals surface area contributed by atoms with Crippen molar-refractivity contribution in [3.8, 4) is 27.4 Å². The quantitative estimate of drug-likeness (QED) is 0.175. The van der Waals surface area contributed by atoms with Crippen molar-refractivity contribution in [1.29, 1.82) is 0 Å². The normalized spacial score (nSPS) is 11.3. The maximum absolute atomic E-state index is 12.0. The average molecular weight is 567 g/mol. The topological polar surface area (TPSA) is 61.6 Å². The monoisotopic (exact) mass is 565 g/mol. The third kappa shape index (κ3) is 5.30. The lowest BCUT2D eigenvalue weighted by molar-refractivity contribution is 0.0526. The van der Waals surface area contributed by atoms with Crippen LogP contribution in [0.4, 0.5) is 0 Å². The second-order valence-corrected chi connectivity index (χ2v) is 10.9. The van der Waals surface area contributed by atoms with E-state index in [0.29, 0.717) is 33.5 Å². The van der Waals surface area contributed by atoms with Gasteiger partial charge in [0.1, 0.15) is 23.8 Å². The lowest BCUT2D eigenvalue weighted by Gasteiger charge is -2.11. The summed E-state index contributed by atoms with van der Waals surface area (Å²) in [6.07, 6.45) is 0. The van der Waals surface area contributed by atoms with E-state index in [2.05, 4.69) is 11.2 Å². The highest BCUT2D eigenvalue weighted by atomic mass is 35.5. The minimum Gasteiger partial charge on any atom is -0.489 e. The van der Waals surface area contributed by atoms with Crippen LogP contribution in [-0.2, 0) is 11.3 Å². The summed E-state index contributed by atoms with van der Waals surface area (Å²) >= 11 is 14.6. The second kappa shape index (κ2) is 11.2. The first-order valence-electron chi connectivity index (χ1n) is 12.2. The van der Waals surface area contributed by atoms with Gasteiger partial charge in [-0.1, -0.05) is 60.4 Å². The molecule has 0 N–H and O–H groups in total. The number of hydrogen-bond acceptors (Lipinski definition) is 6. The van der Waals surface area contributed by atoms with E-state index in [0.717, 1.165) is 37.6 Å². The summed E-state index contributed by atoms with van der Waals surface area (Å²) in [5.41, 5.74) is 3.63. The molecule has 0 radical (unpaired) electrons. The summed E-state index contributed by atoms with van der Waals surface area (Å²) in [5, 5.41) is 6.43. The van der Waals surface area contributed by atoms with Crippen molar-refractivity contribution in [1.82, 2.24) is 5.16 Å². The lowest BCUT2D eigenvalue weighted by Crippen LogP contribution is -2.03. The predicted octanol–water partition coefficient (Wildman–Crippen LogP) is 9.41. The molecule has 0 unspecified atom stereocenters. The lowest BCUT2D eigenvalue weighted by atomic mass is 10.0. The molecule has 0 saturated heterocycles. The van der Waals surface area contributed by atoms with Crippen LogP contribution in [0.3, 0.4) is 0 Å². The highest BCUT2D eigenvalue weighted by molar-refractivity contribution is 7.22. The molecule has 5 nitrogen and oxygen atoms in total. The Bertz CT molecular complexity index is 1580. The minimum atomic E-state index is -0.314. The fourth-order valence-electron chi connectivity index (χ4n) is 4.22. The summed E-state index contributed by atoms with van der Waals surface area (Å²) in [6.45, 7) is 6.49. The smallest absolute Gasteiger partial charge is 0.338 e. The van der Waals surface area contributed by atoms with Crippen LogP contribution in [0.25, 0.3) is 31.8 Å². The van der Waals surface area contributed by atoms with Crippen molar-refractivity contribution in [2.24, 2.45) is 0 Å².